The highest BCUT2D eigenvalue weighted by Gasteiger charge is 2.25. The number of benzene rings is 2. The number of likely N-dealkylation sites (tertiary alicyclic amines) is 1. The Hall–Kier alpha value is -2.60. The second-order valence-corrected chi connectivity index (χ2v) is 7.73. The highest BCUT2D eigenvalue weighted by Crippen LogP contribution is 2.31. The van der Waals surface area contributed by atoms with E-state index in [2.05, 4.69) is 24.0 Å². The van der Waals surface area contributed by atoms with Crippen LogP contribution in [-0.4, -0.2) is 35.5 Å². The van der Waals surface area contributed by atoms with Crippen LogP contribution in [0.15, 0.2) is 42.5 Å². The zero-order chi connectivity index (χ0) is 20.8. The SMILES string of the molecule is CCOc1cc(C(=S)N2CCC(C(N)=O)CC2)ccc1OCc1cccc(C)c1. The molecule has 0 aromatic heterocycles. The molecule has 1 aliphatic heterocycles. The molecule has 2 aromatic carbocycles. The quantitative estimate of drug-likeness (QED) is 0.700. The molecule has 0 atom stereocenters. The summed E-state index contributed by atoms with van der Waals surface area (Å²) in [5.41, 5.74) is 8.67. The molecule has 6 heteroatoms. The maximum Gasteiger partial charge on any atom is 0.220 e. The molecule has 1 fully saturated rings. The van der Waals surface area contributed by atoms with Crippen LogP contribution in [0.5, 0.6) is 11.5 Å². The molecule has 3 rings (SSSR count). The first-order chi connectivity index (χ1) is 14.0. The van der Waals surface area contributed by atoms with E-state index in [4.69, 9.17) is 27.4 Å². The molecule has 2 N–H and O–H groups in total. The highest BCUT2D eigenvalue weighted by molar-refractivity contribution is 7.80. The van der Waals surface area contributed by atoms with E-state index in [1.165, 1.54) is 5.56 Å². The summed E-state index contributed by atoms with van der Waals surface area (Å²) >= 11 is 5.70. The Bertz CT molecular complexity index is 876. The molecular formula is C23H28N2O3S. The van der Waals surface area contributed by atoms with Crippen molar-refractivity contribution < 1.29 is 14.3 Å². The maximum atomic E-state index is 11.4. The second-order valence-electron chi connectivity index (χ2n) is 7.34. The molecule has 29 heavy (non-hydrogen) atoms. The first-order valence-corrected chi connectivity index (χ1v) is 10.4. The second kappa shape index (κ2) is 9.74. The molecule has 0 radical (unpaired) electrons. The number of nitrogens with zero attached hydrogens (tertiary/aromatic N) is 1. The van der Waals surface area contributed by atoms with Gasteiger partial charge in [0.25, 0.3) is 0 Å². The number of piperidine rings is 1. The van der Waals surface area contributed by atoms with Crippen LogP contribution in [0.2, 0.25) is 0 Å². The highest BCUT2D eigenvalue weighted by atomic mass is 32.1. The summed E-state index contributed by atoms with van der Waals surface area (Å²) in [5, 5.41) is 0. The van der Waals surface area contributed by atoms with E-state index >= 15 is 0 Å². The number of hydrogen-bond donors (Lipinski definition) is 1. The van der Waals surface area contributed by atoms with Crippen LogP contribution in [0, 0.1) is 12.8 Å². The number of amides is 1. The topological polar surface area (TPSA) is 64.8 Å². The van der Waals surface area contributed by atoms with Gasteiger partial charge in [-0.3, -0.25) is 4.79 Å². The lowest BCUT2D eigenvalue weighted by molar-refractivity contribution is -0.122. The van der Waals surface area contributed by atoms with E-state index in [9.17, 15) is 4.79 Å². The monoisotopic (exact) mass is 412 g/mol. The van der Waals surface area contributed by atoms with Crippen LogP contribution < -0.4 is 15.2 Å². The number of ether oxygens (including phenoxy) is 2. The molecule has 1 amide bonds. The third kappa shape index (κ3) is 5.48. The number of thiocarbonyl (C=S) groups is 1. The minimum Gasteiger partial charge on any atom is -0.490 e. The molecule has 0 bridgehead atoms. The minimum absolute atomic E-state index is 0.0505. The van der Waals surface area contributed by atoms with E-state index in [1.807, 2.05) is 37.3 Å². The third-order valence-corrected chi connectivity index (χ3v) is 5.65. The molecule has 0 unspecified atom stereocenters. The van der Waals surface area contributed by atoms with Crippen LogP contribution in [0.3, 0.4) is 0 Å². The van der Waals surface area contributed by atoms with Gasteiger partial charge in [0.05, 0.1) is 6.61 Å². The van der Waals surface area contributed by atoms with Gasteiger partial charge in [-0.25, -0.2) is 0 Å². The molecule has 2 aromatic rings. The fourth-order valence-corrected chi connectivity index (χ4v) is 3.85. The average Bonchev–Trinajstić information content (AvgIpc) is 2.72. The number of carbonyl (C=O) groups is 1. The molecule has 0 aliphatic carbocycles. The molecule has 0 spiro atoms. The van der Waals surface area contributed by atoms with Crippen molar-refractivity contribution in [3.05, 3.63) is 59.2 Å². The van der Waals surface area contributed by atoms with Crippen LogP contribution >= 0.6 is 12.2 Å². The van der Waals surface area contributed by atoms with Crippen LogP contribution in [0.4, 0.5) is 0 Å². The van der Waals surface area contributed by atoms with Gasteiger partial charge >= 0.3 is 0 Å². The van der Waals surface area contributed by atoms with Crippen LogP contribution in [0.1, 0.15) is 36.5 Å². The first-order valence-electron chi connectivity index (χ1n) is 10.0. The Morgan fingerprint density at radius 2 is 1.90 bits per heavy atom. The summed E-state index contributed by atoms with van der Waals surface area (Å²) in [4.78, 5) is 14.3. The predicted molar refractivity (Wildman–Crippen MR) is 118 cm³/mol. The van der Waals surface area contributed by atoms with Crippen molar-refractivity contribution in [2.45, 2.75) is 33.3 Å². The van der Waals surface area contributed by atoms with Gasteiger partial charge < -0.3 is 20.1 Å². The van der Waals surface area contributed by atoms with E-state index in [-0.39, 0.29) is 11.8 Å². The van der Waals surface area contributed by atoms with Gasteiger partial charge in [-0.05, 0) is 50.5 Å². The van der Waals surface area contributed by atoms with Crippen molar-refractivity contribution in [2.75, 3.05) is 19.7 Å². The fourth-order valence-electron chi connectivity index (χ4n) is 3.54. The molecule has 5 nitrogen and oxygen atoms in total. The van der Waals surface area contributed by atoms with Gasteiger partial charge in [0.2, 0.25) is 5.91 Å². The van der Waals surface area contributed by atoms with Crippen molar-refractivity contribution in [2.24, 2.45) is 11.7 Å². The molecular weight excluding hydrogens is 384 g/mol. The zero-order valence-corrected chi connectivity index (χ0v) is 17.8. The molecule has 1 saturated heterocycles. The Balaban J connectivity index is 1.70. The number of carbonyl (C=O) groups excluding carboxylic acids is 1. The zero-order valence-electron chi connectivity index (χ0n) is 17.0. The standard InChI is InChI=1S/C23H28N2O3S/c1-3-27-21-14-19(23(29)25-11-9-18(10-12-25)22(24)26)7-8-20(21)28-15-17-6-4-5-16(2)13-17/h4-8,13-14,18H,3,9-12,15H2,1-2H3,(H2,24,26). The Morgan fingerprint density at radius 3 is 2.55 bits per heavy atom. The van der Waals surface area contributed by atoms with E-state index in [1.54, 1.807) is 0 Å². The van der Waals surface area contributed by atoms with Gasteiger partial charge in [0.15, 0.2) is 11.5 Å². The summed E-state index contributed by atoms with van der Waals surface area (Å²) < 4.78 is 11.8. The molecule has 154 valence electrons. The largest absolute Gasteiger partial charge is 0.490 e. The van der Waals surface area contributed by atoms with Gasteiger partial charge in [-0.15, -0.1) is 0 Å². The minimum atomic E-state index is -0.218. The van der Waals surface area contributed by atoms with E-state index in [0.29, 0.717) is 24.7 Å². The summed E-state index contributed by atoms with van der Waals surface area (Å²) in [6, 6.07) is 14.1. The van der Waals surface area contributed by atoms with Crippen molar-refractivity contribution in [3.8, 4) is 11.5 Å². The van der Waals surface area contributed by atoms with Crippen molar-refractivity contribution in [1.82, 2.24) is 4.90 Å². The third-order valence-electron chi connectivity index (χ3n) is 5.15. The fraction of sp³-hybridized carbons (Fsp3) is 0.391. The number of nitrogens with two attached hydrogens (primary N) is 1. The lowest BCUT2D eigenvalue weighted by atomic mass is 9.96. The number of aryl methyl sites for hydroxylation is 1. The summed E-state index contributed by atoms with van der Waals surface area (Å²) in [6.07, 6.45) is 1.48. The molecule has 1 aliphatic rings. The molecule has 0 saturated carbocycles. The number of hydrogen-bond acceptors (Lipinski definition) is 4. The lowest BCUT2D eigenvalue weighted by Crippen LogP contribution is -2.41. The van der Waals surface area contributed by atoms with Crippen molar-refractivity contribution in [3.63, 3.8) is 0 Å². The van der Waals surface area contributed by atoms with Crippen molar-refractivity contribution >= 4 is 23.1 Å². The lowest BCUT2D eigenvalue weighted by Gasteiger charge is -2.32. The smallest absolute Gasteiger partial charge is 0.220 e. The van der Waals surface area contributed by atoms with Crippen molar-refractivity contribution in [1.29, 1.82) is 0 Å². The number of primary amides is 1. The summed E-state index contributed by atoms with van der Waals surface area (Å²) in [6.45, 7) is 6.51. The number of rotatable bonds is 7. The molecule has 1 heterocycles. The van der Waals surface area contributed by atoms with E-state index in [0.717, 1.165) is 42.0 Å². The summed E-state index contributed by atoms with van der Waals surface area (Å²) in [5.74, 6) is 1.12. The Morgan fingerprint density at radius 1 is 1.14 bits per heavy atom. The Kier molecular flexibility index (Phi) is 7.09. The van der Waals surface area contributed by atoms with Crippen LogP contribution in [0.25, 0.3) is 0 Å². The van der Waals surface area contributed by atoms with Gasteiger partial charge in [0, 0.05) is 24.6 Å². The van der Waals surface area contributed by atoms with Crippen LogP contribution in [-0.2, 0) is 11.4 Å². The predicted octanol–water partition coefficient (Wildman–Crippen LogP) is 3.85. The van der Waals surface area contributed by atoms with E-state index < -0.39 is 0 Å². The normalized spacial score (nSPS) is 14.5. The maximum absolute atomic E-state index is 11.4. The van der Waals surface area contributed by atoms with Gasteiger partial charge in [-0.1, -0.05) is 42.0 Å². The first kappa shape index (κ1) is 21.1. The van der Waals surface area contributed by atoms with Gasteiger partial charge in [-0.2, -0.15) is 0 Å². The summed E-state index contributed by atoms with van der Waals surface area (Å²) in [7, 11) is 0. The Labute approximate surface area is 177 Å². The van der Waals surface area contributed by atoms with Gasteiger partial charge in [0.1, 0.15) is 11.6 Å². The average molecular weight is 413 g/mol.